The number of hydrogen-bond donors (Lipinski definition) is 3. The van der Waals surface area contributed by atoms with Crippen LogP contribution in [0.25, 0.3) is 0 Å². The second kappa shape index (κ2) is 4.18. The molecule has 0 bridgehead atoms. The first-order valence-electron chi connectivity index (χ1n) is 3.46. The van der Waals surface area contributed by atoms with Gasteiger partial charge >= 0.3 is 6.03 Å². The van der Waals surface area contributed by atoms with Gasteiger partial charge in [0.25, 0.3) is 0 Å². The summed E-state index contributed by atoms with van der Waals surface area (Å²) in [4.78, 5) is 18.5. The molecule has 0 unspecified atom stereocenters. The highest BCUT2D eigenvalue weighted by atomic mass is 35.5. The minimum Gasteiger partial charge on any atom is -0.274 e. The first-order chi connectivity index (χ1) is 6.56. The molecular weight excluding hydrogens is 208 g/mol. The van der Waals surface area contributed by atoms with Crippen molar-refractivity contribution in [2.24, 2.45) is 11.7 Å². The smallest absolute Gasteiger partial charge is 0.274 e. The van der Waals surface area contributed by atoms with Crippen LogP contribution in [-0.4, -0.2) is 16.0 Å². The van der Waals surface area contributed by atoms with E-state index >= 15 is 0 Å². The number of nitrogens with two attached hydrogens (primary N) is 2. The van der Waals surface area contributed by atoms with Crippen molar-refractivity contribution in [1.82, 2.24) is 15.4 Å². The molecule has 1 aromatic rings. The third-order valence-electron chi connectivity index (χ3n) is 1.33. The first-order valence-corrected chi connectivity index (χ1v) is 3.84. The van der Waals surface area contributed by atoms with Gasteiger partial charge in [-0.2, -0.15) is 0 Å². The number of nitrogens with one attached hydrogen (secondary N) is 1. The summed E-state index contributed by atoms with van der Waals surface area (Å²) >= 11 is 5.67. The molecule has 0 aromatic carbocycles. The van der Waals surface area contributed by atoms with Gasteiger partial charge in [0, 0.05) is 0 Å². The Balaban J connectivity index is 3.01. The average Bonchev–Trinajstić information content (AvgIpc) is 2.15. The van der Waals surface area contributed by atoms with E-state index in [4.69, 9.17) is 23.3 Å². The zero-order valence-electron chi connectivity index (χ0n) is 7.07. The van der Waals surface area contributed by atoms with Crippen molar-refractivity contribution < 1.29 is 4.79 Å². The number of carbonyl (C=O) groups excluding carboxylic acids is 1. The van der Waals surface area contributed by atoms with Crippen molar-refractivity contribution in [3.63, 3.8) is 0 Å². The molecule has 14 heavy (non-hydrogen) atoms. The molecule has 0 saturated heterocycles. The van der Waals surface area contributed by atoms with Gasteiger partial charge in [-0.05, 0) is 6.92 Å². The van der Waals surface area contributed by atoms with Crippen molar-refractivity contribution in [3.05, 3.63) is 24.0 Å². The van der Waals surface area contributed by atoms with Crippen LogP contribution in [0.5, 0.6) is 0 Å². The molecule has 1 radical (unpaired) electrons. The van der Waals surface area contributed by atoms with Crippen LogP contribution in [0.15, 0.2) is 6.20 Å². The highest BCUT2D eigenvalue weighted by molar-refractivity contribution is 6.32. The van der Waals surface area contributed by atoms with Crippen LogP contribution >= 0.6 is 11.6 Å². The van der Waals surface area contributed by atoms with Gasteiger partial charge in [0.15, 0.2) is 11.0 Å². The number of anilines is 1. The number of rotatable bonds is 1. The van der Waals surface area contributed by atoms with E-state index in [1.54, 1.807) is 0 Å². The molecule has 0 aliphatic carbocycles. The standard InChI is InChI=1S/C6H8ClN6O/c1-3-2-10-5(4(7)11-3)13(9)6(14)12-8/h2H,1,8-9H2,(H,12,14). The molecule has 75 valence electrons. The molecule has 2 amide bonds. The lowest BCUT2D eigenvalue weighted by Gasteiger charge is -2.14. The van der Waals surface area contributed by atoms with E-state index < -0.39 is 6.03 Å². The topological polar surface area (TPSA) is 110 Å². The normalized spacial score (nSPS) is 9.71. The Morgan fingerprint density at radius 3 is 2.86 bits per heavy atom. The fourth-order valence-corrected chi connectivity index (χ4v) is 0.970. The van der Waals surface area contributed by atoms with E-state index in [-0.39, 0.29) is 11.0 Å². The van der Waals surface area contributed by atoms with Gasteiger partial charge in [-0.15, -0.1) is 0 Å². The molecule has 0 atom stereocenters. The lowest BCUT2D eigenvalue weighted by molar-refractivity contribution is 0.246. The largest absolute Gasteiger partial charge is 0.351 e. The first kappa shape index (κ1) is 10.6. The summed E-state index contributed by atoms with van der Waals surface area (Å²) in [5, 5.41) is 0.623. The molecule has 0 fully saturated rings. The molecular formula is C6H8ClN6O. The number of carbonyl (C=O) groups is 1. The zero-order chi connectivity index (χ0) is 10.7. The lowest BCUT2D eigenvalue weighted by atomic mass is 10.5. The second-order valence-electron chi connectivity index (χ2n) is 2.30. The second-order valence-corrected chi connectivity index (χ2v) is 2.65. The Kier molecular flexibility index (Phi) is 3.18. The van der Waals surface area contributed by atoms with Gasteiger partial charge in [0.2, 0.25) is 0 Å². The zero-order valence-corrected chi connectivity index (χ0v) is 7.82. The van der Waals surface area contributed by atoms with Crippen LogP contribution in [-0.2, 0) is 0 Å². The minimum atomic E-state index is -0.752. The summed E-state index contributed by atoms with van der Waals surface area (Å²) in [5.74, 6) is 10.2. The molecule has 5 N–H and O–H groups in total. The third-order valence-corrected chi connectivity index (χ3v) is 1.59. The van der Waals surface area contributed by atoms with E-state index in [1.807, 2.05) is 5.43 Å². The molecule has 0 aliphatic heterocycles. The predicted octanol–water partition coefficient (Wildman–Crippen LogP) is -0.424. The Bertz CT molecular complexity index is 356. The number of amides is 2. The quantitative estimate of drug-likeness (QED) is 0.335. The molecule has 0 aliphatic rings. The van der Waals surface area contributed by atoms with Crippen molar-refractivity contribution in [1.29, 1.82) is 0 Å². The van der Waals surface area contributed by atoms with Gasteiger partial charge in [-0.1, -0.05) is 11.6 Å². The highest BCUT2D eigenvalue weighted by Gasteiger charge is 2.15. The molecule has 1 aromatic heterocycles. The number of hydrazine groups is 2. The number of hydrogen-bond acceptors (Lipinski definition) is 5. The monoisotopic (exact) mass is 215 g/mol. The molecule has 0 spiro atoms. The van der Waals surface area contributed by atoms with Gasteiger partial charge in [0.1, 0.15) is 0 Å². The maximum absolute atomic E-state index is 11.0. The molecule has 0 saturated carbocycles. The summed E-state index contributed by atoms with van der Waals surface area (Å²) in [6.07, 6.45) is 1.32. The predicted molar refractivity (Wildman–Crippen MR) is 50.9 cm³/mol. The molecule has 1 rings (SSSR count). The van der Waals surface area contributed by atoms with Gasteiger partial charge in [0.05, 0.1) is 11.9 Å². The van der Waals surface area contributed by atoms with E-state index in [1.165, 1.54) is 6.20 Å². The summed E-state index contributed by atoms with van der Waals surface area (Å²) < 4.78 is 0. The summed E-state index contributed by atoms with van der Waals surface area (Å²) in [6.45, 7) is 3.50. The van der Waals surface area contributed by atoms with Crippen molar-refractivity contribution >= 4 is 23.4 Å². The molecule has 1 heterocycles. The van der Waals surface area contributed by atoms with Crippen LogP contribution in [0.2, 0.25) is 5.15 Å². The van der Waals surface area contributed by atoms with Crippen LogP contribution in [0.4, 0.5) is 10.6 Å². The van der Waals surface area contributed by atoms with Crippen LogP contribution in [0.3, 0.4) is 0 Å². The molecule has 8 heteroatoms. The van der Waals surface area contributed by atoms with Crippen molar-refractivity contribution in [2.45, 2.75) is 0 Å². The number of nitrogens with zero attached hydrogens (tertiary/aromatic N) is 3. The fraction of sp³-hybridized carbons (Fsp3) is 0. The fourth-order valence-electron chi connectivity index (χ4n) is 0.721. The number of halogens is 1. The van der Waals surface area contributed by atoms with Crippen LogP contribution < -0.4 is 22.1 Å². The van der Waals surface area contributed by atoms with Gasteiger partial charge in [-0.25, -0.2) is 31.5 Å². The Labute approximate surface area is 85.0 Å². The Morgan fingerprint density at radius 2 is 2.36 bits per heavy atom. The van der Waals surface area contributed by atoms with Crippen LogP contribution in [0, 0.1) is 6.92 Å². The number of aromatic nitrogens is 2. The lowest BCUT2D eigenvalue weighted by Crippen LogP contribution is -2.48. The minimum absolute atomic E-state index is 0.00187. The summed E-state index contributed by atoms with van der Waals surface area (Å²) in [5.41, 5.74) is 2.20. The maximum atomic E-state index is 11.0. The van der Waals surface area contributed by atoms with Crippen molar-refractivity contribution in [3.8, 4) is 0 Å². The van der Waals surface area contributed by atoms with Gasteiger partial charge < -0.3 is 0 Å². The van der Waals surface area contributed by atoms with Crippen molar-refractivity contribution in [2.75, 3.05) is 5.01 Å². The summed E-state index contributed by atoms with van der Waals surface area (Å²) in [6, 6.07) is -0.752. The van der Waals surface area contributed by atoms with E-state index in [9.17, 15) is 4.79 Å². The van der Waals surface area contributed by atoms with E-state index in [0.29, 0.717) is 10.7 Å². The van der Waals surface area contributed by atoms with Crippen LogP contribution in [0.1, 0.15) is 5.69 Å². The third kappa shape index (κ3) is 2.08. The molecule has 7 nitrogen and oxygen atoms in total. The highest BCUT2D eigenvalue weighted by Crippen LogP contribution is 2.18. The Morgan fingerprint density at radius 1 is 1.71 bits per heavy atom. The average molecular weight is 216 g/mol. The van der Waals surface area contributed by atoms with E-state index in [2.05, 4.69) is 16.9 Å². The maximum Gasteiger partial charge on any atom is 0.351 e. The van der Waals surface area contributed by atoms with Gasteiger partial charge in [-0.3, -0.25) is 5.43 Å². The SMILES string of the molecule is [CH2]c1cnc(N(N)C(=O)NN)c(Cl)n1. The Hall–Kier alpha value is -1.44. The van der Waals surface area contributed by atoms with E-state index in [0.717, 1.165) is 0 Å². The summed E-state index contributed by atoms with van der Waals surface area (Å²) in [7, 11) is 0. The number of urea groups is 1.